The van der Waals surface area contributed by atoms with E-state index in [-0.39, 0.29) is 11.3 Å². The Bertz CT molecular complexity index is 728. The van der Waals surface area contributed by atoms with Gasteiger partial charge in [0, 0.05) is 12.6 Å². The second kappa shape index (κ2) is 4.83. The van der Waals surface area contributed by atoms with E-state index >= 15 is 0 Å². The molecule has 2 heterocycles. The largest absolute Gasteiger partial charge is 0.296 e. The lowest BCUT2D eigenvalue weighted by molar-refractivity contribution is -0.124. The molecule has 4 fully saturated rings. The number of nitrogens with one attached hydrogen (secondary N) is 1. The van der Waals surface area contributed by atoms with Crippen LogP contribution in [0.15, 0.2) is 30.6 Å². The molecular formula is C19H23N3O. The van der Waals surface area contributed by atoms with Gasteiger partial charge in [-0.2, -0.15) is 0 Å². The van der Waals surface area contributed by atoms with Crippen LogP contribution in [0.2, 0.25) is 0 Å². The van der Waals surface area contributed by atoms with Crippen LogP contribution < -0.4 is 5.32 Å². The normalized spacial score (nSPS) is 34.9. The molecule has 4 nitrogen and oxygen atoms in total. The first kappa shape index (κ1) is 13.6. The van der Waals surface area contributed by atoms with Crippen molar-refractivity contribution in [3.05, 3.63) is 30.6 Å². The molecule has 4 heteroatoms. The lowest BCUT2D eigenvalue weighted by atomic mass is 9.49. The van der Waals surface area contributed by atoms with Crippen LogP contribution in [0.25, 0.3) is 5.52 Å². The second-order valence-electron chi connectivity index (χ2n) is 8.22. The molecular weight excluding hydrogens is 286 g/mol. The van der Waals surface area contributed by atoms with Gasteiger partial charge in [-0.15, -0.1) is 0 Å². The molecule has 0 atom stereocenters. The van der Waals surface area contributed by atoms with Crippen LogP contribution >= 0.6 is 0 Å². The van der Waals surface area contributed by atoms with Crippen molar-refractivity contribution in [1.82, 2.24) is 9.38 Å². The first-order valence-electron chi connectivity index (χ1n) is 8.91. The number of aromatic nitrogens is 2. The van der Waals surface area contributed by atoms with E-state index in [1.54, 1.807) is 6.20 Å². The summed E-state index contributed by atoms with van der Waals surface area (Å²) in [7, 11) is 0. The molecule has 2 aromatic rings. The summed E-state index contributed by atoms with van der Waals surface area (Å²) < 4.78 is 1.94. The van der Waals surface area contributed by atoms with Crippen molar-refractivity contribution in [2.24, 2.45) is 23.2 Å². The molecule has 4 aliphatic rings. The Labute approximate surface area is 136 Å². The summed E-state index contributed by atoms with van der Waals surface area (Å²) in [6.07, 6.45) is 12.5. The molecule has 120 valence electrons. The Morgan fingerprint density at radius 2 is 1.87 bits per heavy atom. The van der Waals surface area contributed by atoms with Crippen LogP contribution in [0.4, 0.5) is 5.95 Å². The summed E-state index contributed by atoms with van der Waals surface area (Å²) in [4.78, 5) is 17.0. The Balaban J connectivity index is 1.34. The van der Waals surface area contributed by atoms with Gasteiger partial charge < -0.3 is 0 Å². The SMILES string of the molecule is O=C(CC12CC3CC(CC(C3)C1)C2)Nc1ncc2ccccn12. The lowest BCUT2D eigenvalue weighted by Gasteiger charge is -2.56. The summed E-state index contributed by atoms with van der Waals surface area (Å²) in [5, 5.41) is 3.05. The summed E-state index contributed by atoms with van der Waals surface area (Å²) >= 11 is 0. The highest BCUT2D eigenvalue weighted by atomic mass is 16.1. The third-order valence-electron chi connectivity index (χ3n) is 6.39. The molecule has 2 aromatic heterocycles. The zero-order chi connectivity index (χ0) is 15.4. The van der Waals surface area contributed by atoms with E-state index in [0.29, 0.717) is 12.4 Å². The summed E-state index contributed by atoms with van der Waals surface area (Å²) in [6, 6.07) is 5.95. The Hall–Kier alpha value is -1.84. The van der Waals surface area contributed by atoms with Crippen molar-refractivity contribution in [3.8, 4) is 0 Å². The van der Waals surface area contributed by atoms with E-state index in [1.165, 1.54) is 38.5 Å². The van der Waals surface area contributed by atoms with Crippen LogP contribution in [0.1, 0.15) is 44.9 Å². The second-order valence-corrected chi connectivity index (χ2v) is 8.22. The maximum Gasteiger partial charge on any atom is 0.227 e. The van der Waals surface area contributed by atoms with Gasteiger partial charge in [0.1, 0.15) is 0 Å². The average molecular weight is 309 g/mol. The molecule has 0 unspecified atom stereocenters. The van der Waals surface area contributed by atoms with Gasteiger partial charge in [-0.1, -0.05) is 6.07 Å². The predicted octanol–water partition coefficient (Wildman–Crippen LogP) is 3.88. The lowest BCUT2D eigenvalue weighted by Crippen LogP contribution is -2.47. The van der Waals surface area contributed by atoms with Crippen LogP contribution in [0, 0.1) is 23.2 Å². The number of rotatable bonds is 3. The maximum atomic E-state index is 12.7. The minimum Gasteiger partial charge on any atom is -0.296 e. The van der Waals surface area contributed by atoms with Gasteiger partial charge in [-0.3, -0.25) is 14.5 Å². The smallest absolute Gasteiger partial charge is 0.227 e. The van der Waals surface area contributed by atoms with Gasteiger partial charge in [0.15, 0.2) is 0 Å². The average Bonchev–Trinajstić information content (AvgIpc) is 2.88. The zero-order valence-electron chi connectivity index (χ0n) is 13.4. The first-order chi connectivity index (χ1) is 11.2. The van der Waals surface area contributed by atoms with Crippen molar-refractivity contribution in [2.45, 2.75) is 44.9 Å². The van der Waals surface area contributed by atoms with Crippen LogP contribution in [0.3, 0.4) is 0 Å². The predicted molar refractivity (Wildman–Crippen MR) is 89.0 cm³/mol. The molecule has 4 bridgehead atoms. The third-order valence-corrected chi connectivity index (χ3v) is 6.39. The van der Waals surface area contributed by atoms with E-state index in [9.17, 15) is 4.79 Å². The van der Waals surface area contributed by atoms with Gasteiger partial charge in [0.2, 0.25) is 11.9 Å². The molecule has 0 radical (unpaired) electrons. The van der Waals surface area contributed by atoms with Gasteiger partial charge >= 0.3 is 0 Å². The Morgan fingerprint density at radius 3 is 2.57 bits per heavy atom. The molecule has 1 amide bonds. The number of hydrogen-bond acceptors (Lipinski definition) is 2. The molecule has 0 saturated heterocycles. The first-order valence-corrected chi connectivity index (χ1v) is 8.91. The van der Waals surface area contributed by atoms with Gasteiger partial charge in [0.25, 0.3) is 0 Å². The number of amides is 1. The molecule has 1 N–H and O–H groups in total. The van der Waals surface area contributed by atoms with Crippen molar-refractivity contribution < 1.29 is 4.79 Å². The summed E-state index contributed by atoms with van der Waals surface area (Å²) in [5.74, 6) is 3.46. The number of hydrogen-bond donors (Lipinski definition) is 1. The molecule has 0 aliphatic heterocycles. The van der Waals surface area contributed by atoms with E-state index in [4.69, 9.17) is 0 Å². The summed E-state index contributed by atoms with van der Waals surface area (Å²) in [5.41, 5.74) is 1.30. The standard InChI is InChI=1S/C19H23N3O/c23-17(21-18-20-12-16-3-1-2-4-22(16)18)11-19-8-13-5-14(9-19)7-15(6-13)10-19/h1-4,12-15H,5-11H2,(H,20,21,23). The van der Waals surface area contributed by atoms with Gasteiger partial charge in [-0.25, -0.2) is 4.98 Å². The van der Waals surface area contributed by atoms with E-state index in [2.05, 4.69) is 10.3 Å². The van der Waals surface area contributed by atoms with Crippen molar-refractivity contribution >= 4 is 17.4 Å². The molecule has 6 rings (SSSR count). The van der Waals surface area contributed by atoms with Gasteiger partial charge in [0.05, 0.1) is 11.7 Å². The number of fused-ring (bicyclic) bond motifs is 1. The topological polar surface area (TPSA) is 46.4 Å². The maximum absolute atomic E-state index is 12.7. The van der Waals surface area contributed by atoms with Gasteiger partial charge in [-0.05, 0) is 73.8 Å². The van der Waals surface area contributed by atoms with E-state index < -0.39 is 0 Å². The highest BCUT2D eigenvalue weighted by molar-refractivity contribution is 5.90. The number of nitrogens with zero attached hydrogens (tertiary/aromatic N) is 2. The molecule has 0 spiro atoms. The monoisotopic (exact) mass is 309 g/mol. The van der Waals surface area contributed by atoms with Crippen LogP contribution in [-0.2, 0) is 4.79 Å². The van der Waals surface area contributed by atoms with E-state index in [1.807, 2.05) is 28.8 Å². The minimum absolute atomic E-state index is 0.142. The van der Waals surface area contributed by atoms with Crippen molar-refractivity contribution in [1.29, 1.82) is 0 Å². The fourth-order valence-corrected chi connectivity index (χ4v) is 6.05. The fraction of sp³-hybridized carbons (Fsp3) is 0.579. The fourth-order valence-electron chi connectivity index (χ4n) is 6.05. The Morgan fingerprint density at radius 1 is 1.17 bits per heavy atom. The highest BCUT2D eigenvalue weighted by Gasteiger charge is 2.51. The number of anilines is 1. The Kier molecular flexibility index (Phi) is 2.85. The number of imidazole rings is 1. The van der Waals surface area contributed by atoms with E-state index in [0.717, 1.165) is 23.3 Å². The number of carbonyl (C=O) groups excluding carboxylic acids is 1. The van der Waals surface area contributed by atoms with Crippen LogP contribution in [0.5, 0.6) is 0 Å². The number of carbonyl (C=O) groups is 1. The molecule has 4 saturated carbocycles. The third kappa shape index (κ3) is 2.27. The quantitative estimate of drug-likeness (QED) is 0.935. The van der Waals surface area contributed by atoms with Crippen molar-refractivity contribution in [3.63, 3.8) is 0 Å². The zero-order valence-corrected chi connectivity index (χ0v) is 13.4. The molecule has 0 aromatic carbocycles. The van der Waals surface area contributed by atoms with Crippen molar-refractivity contribution in [2.75, 3.05) is 5.32 Å². The summed E-state index contributed by atoms with van der Waals surface area (Å²) in [6.45, 7) is 0. The number of pyridine rings is 1. The highest BCUT2D eigenvalue weighted by Crippen LogP contribution is 2.61. The molecule has 23 heavy (non-hydrogen) atoms. The minimum atomic E-state index is 0.142. The molecule has 4 aliphatic carbocycles. The van der Waals surface area contributed by atoms with Crippen LogP contribution in [-0.4, -0.2) is 15.3 Å².